The Kier molecular flexibility index (Phi) is 9.47. The maximum absolute atomic E-state index is 12.5. The second kappa shape index (κ2) is 12.5. The third kappa shape index (κ3) is 6.90. The van der Waals surface area contributed by atoms with E-state index in [2.05, 4.69) is 6.92 Å². The van der Waals surface area contributed by atoms with Crippen LogP contribution >= 0.6 is 0 Å². The Balaban J connectivity index is 1.53. The first kappa shape index (κ1) is 25.0. The second-order valence-electron chi connectivity index (χ2n) is 8.20. The van der Waals surface area contributed by atoms with E-state index in [1.54, 1.807) is 11.0 Å². The maximum Gasteiger partial charge on any atom is 0.374 e. The molecule has 1 fully saturated rings. The molecule has 3 rings (SSSR count). The van der Waals surface area contributed by atoms with E-state index in [9.17, 15) is 14.7 Å². The summed E-state index contributed by atoms with van der Waals surface area (Å²) in [6, 6.07) is 10.6. The number of anilines is 1. The van der Waals surface area contributed by atoms with Crippen LogP contribution in [0.5, 0.6) is 0 Å². The van der Waals surface area contributed by atoms with Gasteiger partial charge in [-0.15, -0.1) is 0 Å². The van der Waals surface area contributed by atoms with Crippen LogP contribution in [-0.4, -0.2) is 48.0 Å². The Morgan fingerprint density at radius 1 is 1.21 bits per heavy atom. The van der Waals surface area contributed by atoms with E-state index in [4.69, 9.17) is 19.0 Å². The minimum atomic E-state index is -0.637. The van der Waals surface area contributed by atoms with Gasteiger partial charge >= 0.3 is 5.97 Å². The van der Waals surface area contributed by atoms with Crippen LogP contribution in [0.4, 0.5) is 5.69 Å². The minimum Gasteiger partial charge on any atom is -0.457 e. The average Bonchev–Trinajstić information content (AvgIpc) is 3.44. The van der Waals surface area contributed by atoms with Gasteiger partial charge in [-0.1, -0.05) is 38.3 Å². The SMILES string of the molecule is CCCCCC(O)c1ccc(N2C(=O)CC[C@H]2COCc2ccc(C(=O)OCCO)o2)cc1. The van der Waals surface area contributed by atoms with Crippen LogP contribution in [0.2, 0.25) is 0 Å². The third-order valence-corrected chi connectivity index (χ3v) is 5.70. The number of amides is 1. The summed E-state index contributed by atoms with van der Waals surface area (Å²) in [4.78, 5) is 26.0. The number of nitrogens with zero attached hydrogens (tertiary/aromatic N) is 1. The molecule has 0 saturated carbocycles. The van der Waals surface area contributed by atoms with Gasteiger partial charge in [0, 0.05) is 12.1 Å². The van der Waals surface area contributed by atoms with Gasteiger partial charge in [0.2, 0.25) is 11.7 Å². The molecular weight excluding hydrogens is 426 g/mol. The zero-order chi connectivity index (χ0) is 23.6. The van der Waals surface area contributed by atoms with E-state index >= 15 is 0 Å². The molecule has 2 N–H and O–H groups in total. The zero-order valence-corrected chi connectivity index (χ0v) is 19.1. The molecule has 0 radical (unpaired) electrons. The summed E-state index contributed by atoms with van der Waals surface area (Å²) in [5, 5.41) is 19.1. The summed E-state index contributed by atoms with van der Waals surface area (Å²) in [6.45, 7) is 2.29. The summed E-state index contributed by atoms with van der Waals surface area (Å²) in [5.41, 5.74) is 1.66. The monoisotopic (exact) mass is 459 g/mol. The van der Waals surface area contributed by atoms with Gasteiger partial charge in [0.15, 0.2) is 0 Å². The molecule has 0 spiro atoms. The predicted molar refractivity (Wildman–Crippen MR) is 122 cm³/mol. The second-order valence-corrected chi connectivity index (χ2v) is 8.20. The third-order valence-electron chi connectivity index (χ3n) is 5.70. The summed E-state index contributed by atoms with van der Waals surface area (Å²) in [6.07, 6.45) is 4.60. The van der Waals surface area contributed by atoms with E-state index < -0.39 is 12.1 Å². The van der Waals surface area contributed by atoms with Gasteiger partial charge in [-0.25, -0.2) is 4.79 Å². The molecule has 0 aliphatic carbocycles. The fourth-order valence-electron chi connectivity index (χ4n) is 3.94. The van der Waals surface area contributed by atoms with Crippen molar-refractivity contribution in [3.63, 3.8) is 0 Å². The molecule has 2 heterocycles. The predicted octanol–water partition coefficient (Wildman–Crippen LogP) is 3.75. The molecule has 33 heavy (non-hydrogen) atoms. The van der Waals surface area contributed by atoms with Crippen molar-refractivity contribution in [2.45, 2.75) is 64.2 Å². The maximum atomic E-state index is 12.5. The molecule has 2 atom stereocenters. The van der Waals surface area contributed by atoms with E-state index in [1.165, 1.54) is 6.07 Å². The van der Waals surface area contributed by atoms with Gasteiger partial charge < -0.3 is 29.0 Å². The molecule has 8 heteroatoms. The number of carbonyl (C=O) groups is 2. The van der Waals surface area contributed by atoms with Gasteiger partial charge in [0.05, 0.1) is 25.4 Å². The highest BCUT2D eigenvalue weighted by Gasteiger charge is 2.32. The fraction of sp³-hybridized carbons (Fsp3) is 0.520. The zero-order valence-electron chi connectivity index (χ0n) is 19.1. The van der Waals surface area contributed by atoms with Crippen molar-refractivity contribution in [3.8, 4) is 0 Å². The standard InChI is InChI=1S/C25H33NO7/c1-2-3-4-5-22(28)18-6-8-19(9-7-18)26-20(10-13-24(26)29)16-31-17-21-11-12-23(33-21)25(30)32-15-14-27/h6-9,11-12,20,22,27-28H,2-5,10,13-17H2,1H3/t20-,22?/m0/s1. The Hall–Kier alpha value is -2.68. The molecule has 1 aromatic heterocycles. The Morgan fingerprint density at radius 2 is 2.00 bits per heavy atom. The molecule has 1 aliphatic rings. The lowest BCUT2D eigenvalue weighted by molar-refractivity contribution is -0.117. The lowest BCUT2D eigenvalue weighted by Gasteiger charge is -2.25. The van der Waals surface area contributed by atoms with E-state index in [0.717, 1.165) is 36.9 Å². The highest BCUT2D eigenvalue weighted by molar-refractivity contribution is 5.96. The van der Waals surface area contributed by atoms with Crippen molar-refractivity contribution >= 4 is 17.6 Å². The Morgan fingerprint density at radius 3 is 2.73 bits per heavy atom. The van der Waals surface area contributed by atoms with Crippen LogP contribution < -0.4 is 4.90 Å². The van der Waals surface area contributed by atoms with Crippen LogP contribution in [0.25, 0.3) is 0 Å². The van der Waals surface area contributed by atoms with Crippen molar-refractivity contribution in [1.29, 1.82) is 0 Å². The summed E-state index contributed by atoms with van der Waals surface area (Å²) < 4.78 is 16.0. The number of unbranched alkanes of at least 4 members (excludes halogenated alkanes) is 2. The number of esters is 1. The normalized spacial score (nSPS) is 16.9. The quantitative estimate of drug-likeness (QED) is 0.347. The number of benzene rings is 1. The number of furan rings is 1. The molecule has 1 aromatic carbocycles. The van der Waals surface area contributed by atoms with Crippen molar-refractivity contribution in [3.05, 3.63) is 53.5 Å². The van der Waals surface area contributed by atoms with Crippen LogP contribution in [0, 0.1) is 0 Å². The molecule has 1 amide bonds. The highest BCUT2D eigenvalue weighted by atomic mass is 16.6. The topological polar surface area (TPSA) is 109 Å². The number of hydrogen-bond acceptors (Lipinski definition) is 7. The van der Waals surface area contributed by atoms with Crippen LogP contribution in [0.3, 0.4) is 0 Å². The molecule has 8 nitrogen and oxygen atoms in total. The van der Waals surface area contributed by atoms with E-state index in [1.807, 2.05) is 24.3 Å². The Bertz CT molecular complexity index is 892. The number of rotatable bonds is 13. The van der Waals surface area contributed by atoms with Gasteiger partial charge in [0.1, 0.15) is 19.0 Å². The first-order chi connectivity index (χ1) is 16.0. The van der Waals surface area contributed by atoms with Crippen molar-refractivity contribution in [1.82, 2.24) is 0 Å². The number of carbonyl (C=O) groups excluding carboxylic acids is 2. The molecule has 0 bridgehead atoms. The van der Waals surface area contributed by atoms with Crippen LogP contribution in [0.15, 0.2) is 40.8 Å². The van der Waals surface area contributed by atoms with E-state index in [-0.39, 0.29) is 37.5 Å². The number of aliphatic hydroxyl groups excluding tert-OH is 2. The van der Waals surface area contributed by atoms with Gasteiger partial charge in [0.25, 0.3) is 0 Å². The fourth-order valence-corrected chi connectivity index (χ4v) is 3.94. The number of hydrogen-bond donors (Lipinski definition) is 2. The molecule has 1 unspecified atom stereocenters. The molecule has 2 aromatic rings. The molecule has 180 valence electrons. The number of ether oxygens (including phenoxy) is 2. The van der Waals surface area contributed by atoms with Gasteiger partial charge in [-0.3, -0.25) is 4.79 Å². The van der Waals surface area contributed by atoms with Crippen LogP contribution in [-0.2, 0) is 20.9 Å². The van der Waals surface area contributed by atoms with E-state index in [0.29, 0.717) is 25.2 Å². The molecule has 1 aliphatic heterocycles. The lowest BCUT2D eigenvalue weighted by Crippen LogP contribution is -2.36. The summed E-state index contributed by atoms with van der Waals surface area (Å²) >= 11 is 0. The van der Waals surface area contributed by atoms with Gasteiger partial charge in [-0.2, -0.15) is 0 Å². The summed E-state index contributed by atoms with van der Waals surface area (Å²) in [7, 11) is 0. The highest BCUT2D eigenvalue weighted by Crippen LogP contribution is 2.29. The first-order valence-electron chi connectivity index (χ1n) is 11.6. The first-order valence-corrected chi connectivity index (χ1v) is 11.6. The average molecular weight is 460 g/mol. The largest absolute Gasteiger partial charge is 0.457 e. The van der Waals surface area contributed by atoms with Crippen molar-refractivity contribution in [2.75, 3.05) is 24.7 Å². The van der Waals surface area contributed by atoms with Crippen molar-refractivity contribution < 1.29 is 33.7 Å². The minimum absolute atomic E-state index is 0.0479. The van der Waals surface area contributed by atoms with Gasteiger partial charge in [-0.05, 0) is 42.7 Å². The van der Waals surface area contributed by atoms with Crippen LogP contribution in [0.1, 0.15) is 73.4 Å². The smallest absolute Gasteiger partial charge is 0.374 e. The molecular formula is C25H33NO7. The Labute approximate surface area is 194 Å². The molecule has 1 saturated heterocycles. The summed E-state index contributed by atoms with van der Waals surface area (Å²) in [5.74, 6) is -0.0616. The lowest BCUT2D eigenvalue weighted by atomic mass is 10.0. The van der Waals surface area contributed by atoms with Crippen molar-refractivity contribution in [2.24, 2.45) is 0 Å². The number of aliphatic hydroxyl groups is 2.